The second-order valence-electron chi connectivity index (χ2n) is 11.7. The van der Waals surface area contributed by atoms with Crippen LogP contribution in [0.15, 0.2) is 83.9 Å². The molecule has 7 nitrogen and oxygen atoms in total. The molecule has 2 aromatic carbocycles. The van der Waals surface area contributed by atoms with E-state index in [0.29, 0.717) is 36.4 Å². The van der Waals surface area contributed by atoms with Crippen molar-refractivity contribution in [3.05, 3.63) is 112 Å². The summed E-state index contributed by atoms with van der Waals surface area (Å²) in [5, 5.41) is 7.37. The fraction of sp³-hybridized carbons (Fsp3) is 0.361. The summed E-state index contributed by atoms with van der Waals surface area (Å²) in [6, 6.07) is 14.6. The highest BCUT2D eigenvalue weighted by molar-refractivity contribution is 6.04. The predicted molar refractivity (Wildman–Crippen MR) is 169 cm³/mol. The van der Waals surface area contributed by atoms with Crippen LogP contribution in [0.2, 0.25) is 0 Å². The number of ether oxygens (including phenoxy) is 1. The van der Waals surface area contributed by atoms with Gasteiger partial charge in [-0.25, -0.2) is 0 Å². The molecule has 1 N–H and O–H groups in total. The molecule has 222 valence electrons. The van der Waals surface area contributed by atoms with Crippen LogP contribution in [0.3, 0.4) is 0 Å². The first-order chi connectivity index (χ1) is 21.0. The van der Waals surface area contributed by atoms with E-state index in [9.17, 15) is 9.59 Å². The summed E-state index contributed by atoms with van der Waals surface area (Å²) in [5.41, 5.74) is 7.45. The van der Waals surface area contributed by atoms with E-state index in [1.165, 1.54) is 43.5 Å². The maximum atomic E-state index is 13.1. The Labute approximate surface area is 253 Å². The molecule has 0 saturated carbocycles. The van der Waals surface area contributed by atoms with Gasteiger partial charge in [0, 0.05) is 30.4 Å². The lowest BCUT2D eigenvalue weighted by atomic mass is 9.93. The van der Waals surface area contributed by atoms with Crippen LogP contribution in [-0.4, -0.2) is 52.6 Å². The van der Waals surface area contributed by atoms with Gasteiger partial charge >= 0.3 is 0 Å². The number of nitrogens with one attached hydrogen (secondary N) is 1. The molecule has 1 saturated heterocycles. The highest BCUT2D eigenvalue weighted by atomic mass is 16.5. The van der Waals surface area contributed by atoms with Gasteiger partial charge in [0.2, 0.25) is 0 Å². The number of hydrogen-bond donors (Lipinski definition) is 1. The van der Waals surface area contributed by atoms with Gasteiger partial charge in [-0.15, -0.1) is 0 Å². The molecule has 1 aliphatic heterocycles. The fourth-order valence-electron chi connectivity index (χ4n) is 6.11. The molecule has 0 bridgehead atoms. The van der Waals surface area contributed by atoms with Crippen LogP contribution < -0.4 is 10.1 Å². The van der Waals surface area contributed by atoms with Crippen molar-refractivity contribution in [2.75, 3.05) is 26.2 Å². The Bertz CT molecular complexity index is 1590. The maximum absolute atomic E-state index is 13.1. The van der Waals surface area contributed by atoms with E-state index in [-0.39, 0.29) is 18.1 Å². The number of aryl methyl sites for hydroxylation is 1. The Balaban J connectivity index is 1.06. The summed E-state index contributed by atoms with van der Waals surface area (Å²) in [4.78, 5) is 28.5. The standard InChI is InChI=1S/C36H40N4O3/c1-2-26-8-6-9-27(18-26)24-40-25-31(23-37-40)36(42)38-32-11-13-35(41)34(22-32)30-19-28-10-12-33(21-29(28)20-30)43-17-7-16-39-14-4-3-5-15-39/h6,8-12,18,20-23,25H,2-5,7,13-17,19,24H2,1H3,(H,38,42). The van der Waals surface area contributed by atoms with Crippen LogP contribution in [0, 0.1) is 0 Å². The summed E-state index contributed by atoms with van der Waals surface area (Å²) >= 11 is 0. The minimum Gasteiger partial charge on any atom is -0.494 e. The smallest absolute Gasteiger partial charge is 0.258 e. The zero-order valence-corrected chi connectivity index (χ0v) is 25.0. The Morgan fingerprint density at radius 3 is 2.77 bits per heavy atom. The molecule has 0 unspecified atom stereocenters. The second-order valence-corrected chi connectivity index (χ2v) is 11.7. The number of likely N-dealkylation sites (tertiary alicyclic amines) is 1. The number of nitrogens with zero attached hydrogens (tertiary/aromatic N) is 3. The Morgan fingerprint density at radius 1 is 1.05 bits per heavy atom. The highest BCUT2D eigenvalue weighted by Crippen LogP contribution is 2.34. The third kappa shape index (κ3) is 7.23. The number of aromatic nitrogens is 2. The lowest BCUT2D eigenvalue weighted by molar-refractivity contribution is -0.114. The molecule has 2 heterocycles. The number of rotatable bonds is 11. The zero-order valence-electron chi connectivity index (χ0n) is 25.0. The van der Waals surface area contributed by atoms with Crippen LogP contribution in [0.1, 0.15) is 71.6 Å². The molecular weight excluding hydrogens is 536 g/mol. The van der Waals surface area contributed by atoms with Gasteiger partial charge in [-0.2, -0.15) is 5.10 Å². The molecule has 7 heteroatoms. The molecule has 3 aliphatic rings. The number of fused-ring (bicyclic) bond motifs is 1. The van der Waals surface area contributed by atoms with E-state index in [1.54, 1.807) is 29.2 Å². The molecule has 6 rings (SSSR count). The number of carbonyl (C=O) groups excluding carboxylic acids is 2. The van der Waals surface area contributed by atoms with E-state index >= 15 is 0 Å². The summed E-state index contributed by atoms with van der Waals surface area (Å²) < 4.78 is 7.85. The largest absolute Gasteiger partial charge is 0.494 e. The average molecular weight is 577 g/mol. The van der Waals surface area contributed by atoms with Gasteiger partial charge < -0.3 is 15.0 Å². The molecule has 2 aliphatic carbocycles. The summed E-state index contributed by atoms with van der Waals surface area (Å²) in [6.07, 6.45) is 15.9. The SMILES string of the molecule is CCc1cccc(Cn2cc(C(=O)NC3=CCC(=O)C(C4=Cc5cc(OCCCN6CCCCC6)ccc5C4)=C3)cn2)c1. The van der Waals surface area contributed by atoms with Crippen molar-refractivity contribution in [2.45, 2.75) is 58.4 Å². The lowest BCUT2D eigenvalue weighted by Crippen LogP contribution is -2.31. The zero-order chi connectivity index (χ0) is 29.6. The topological polar surface area (TPSA) is 76.5 Å². The number of carbonyl (C=O) groups is 2. The number of Topliss-reactive ketones (excluding diaryl/α,β-unsaturated/α-hetero) is 1. The van der Waals surface area contributed by atoms with Crippen molar-refractivity contribution in [3.63, 3.8) is 0 Å². The Kier molecular flexibility index (Phi) is 8.99. The summed E-state index contributed by atoms with van der Waals surface area (Å²) in [5.74, 6) is 0.689. The third-order valence-electron chi connectivity index (χ3n) is 8.52. The van der Waals surface area contributed by atoms with E-state index in [4.69, 9.17) is 4.74 Å². The third-order valence-corrected chi connectivity index (χ3v) is 8.52. The number of ketones is 1. The van der Waals surface area contributed by atoms with Crippen LogP contribution in [0.25, 0.3) is 6.08 Å². The quantitative estimate of drug-likeness (QED) is 0.288. The molecule has 1 aromatic heterocycles. The molecule has 0 spiro atoms. The van der Waals surface area contributed by atoms with Crippen molar-refractivity contribution in [1.29, 1.82) is 0 Å². The monoisotopic (exact) mass is 576 g/mol. The van der Waals surface area contributed by atoms with Gasteiger partial charge in [-0.1, -0.05) is 55.8 Å². The van der Waals surface area contributed by atoms with Crippen molar-refractivity contribution in [1.82, 2.24) is 20.0 Å². The highest BCUT2D eigenvalue weighted by Gasteiger charge is 2.24. The van der Waals surface area contributed by atoms with E-state index in [2.05, 4.69) is 64.7 Å². The number of benzene rings is 2. The van der Waals surface area contributed by atoms with Gasteiger partial charge in [-0.05, 0) is 91.2 Å². The van der Waals surface area contributed by atoms with Crippen molar-refractivity contribution in [3.8, 4) is 5.75 Å². The average Bonchev–Trinajstić information content (AvgIpc) is 3.68. The second kappa shape index (κ2) is 13.4. The molecular formula is C36H40N4O3. The van der Waals surface area contributed by atoms with Crippen LogP contribution in [0.5, 0.6) is 5.75 Å². The van der Waals surface area contributed by atoms with Gasteiger partial charge in [-0.3, -0.25) is 14.3 Å². The van der Waals surface area contributed by atoms with Gasteiger partial charge in [0.25, 0.3) is 5.91 Å². The fourth-order valence-corrected chi connectivity index (χ4v) is 6.11. The molecule has 3 aromatic rings. The van der Waals surface area contributed by atoms with Gasteiger partial charge in [0.15, 0.2) is 5.78 Å². The van der Waals surface area contributed by atoms with E-state index in [1.807, 2.05) is 6.07 Å². The first-order valence-corrected chi connectivity index (χ1v) is 15.6. The van der Waals surface area contributed by atoms with Gasteiger partial charge in [0.1, 0.15) is 5.75 Å². The minimum atomic E-state index is -0.240. The van der Waals surface area contributed by atoms with Crippen LogP contribution in [-0.2, 0) is 24.2 Å². The minimum absolute atomic E-state index is 0.0633. The summed E-state index contributed by atoms with van der Waals surface area (Å²) in [7, 11) is 0. The maximum Gasteiger partial charge on any atom is 0.258 e. The Morgan fingerprint density at radius 2 is 1.91 bits per heavy atom. The molecule has 43 heavy (non-hydrogen) atoms. The molecule has 1 fully saturated rings. The van der Waals surface area contributed by atoms with Crippen LogP contribution in [0.4, 0.5) is 0 Å². The Hall–Kier alpha value is -4.23. The lowest BCUT2D eigenvalue weighted by Gasteiger charge is -2.26. The predicted octanol–water partition coefficient (Wildman–Crippen LogP) is 5.90. The van der Waals surface area contributed by atoms with Crippen molar-refractivity contribution < 1.29 is 14.3 Å². The number of piperidine rings is 1. The number of amides is 1. The number of hydrogen-bond acceptors (Lipinski definition) is 5. The molecule has 0 radical (unpaired) electrons. The van der Waals surface area contributed by atoms with Crippen molar-refractivity contribution >= 4 is 17.8 Å². The normalized spacial score (nSPS) is 16.8. The van der Waals surface area contributed by atoms with E-state index < -0.39 is 0 Å². The van der Waals surface area contributed by atoms with Crippen molar-refractivity contribution in [2.24, 2.45) is 0 Å². The van der Waals surface area contributed by atoms with E-state index in [0.717, 1.165) is 41.8 Å². The number of allylic oxidation sites excluding steroid dienone is 4. The van der Waals surface area contributed by atoms with Gasteiger partial charge in [0.05, 0.1) is 24.9 Å². The first kappa shape index (κ1) is 28.9. The van der Waals surface area contributed by atoms with Crippen LogP contribution >= 0.6 is 0 Å². The molecule has 1 amide bonds. The first-order valence-electron chi connectivity index (χ1n) is 15.6. The summed E-state index contributed by atoms with van der Waals surface area (Å²) in [6.45, 7) is 6.95. The molecule has 0 atom stereocenters.